The van der Waals surface area contributed by atoms with Gasteiger partial charge in [0.2, 0.25) is 5.89 Å². The lowest BCUT2D eigenvalue weighted by atomic mass is 10.0. The first-order chi connectivity index (χ1) is 15.6. The van der Waals surface area contributed by atoms with Crippen LogP contribution < -0.4 is 9.47 Å². The van der Waals surface area contributed by atoms with Crippen molar-refractivity contribution in [2.45, 2.75) is 13.5 Å². The van der Waals surface area contributed by atoms with Gasteiger partial charge < -0.3 is 13.9 Å². The Morgan fingerprint density at radius 3 is 2.56 bits per heavy atom. The molecule has 0 aliphatic rings. The first-order valence-electron chi connectivity index (χ1n) is 10.2. The quantitative estimate of drug-likeness (QED) is 0.251. The van der Waals surface area contributed by atoms with Crippen molar-refractivity contribution in [2.24, 2.45) is 0 Å². The van der Waals surface area contributed by atoms with E-state index in [1.165, 1.54) is 12.3 Å². The average molecular weight is 425 g/mol. The Morgan fingerprint density at radius 2 is 1.78 bits per heavy atom. The van der Waals surface area contributed by atoms with Crippen molar-refractivity contribution in [1.29, 1.82) is 0 Å². The van der Waals surface area contributed by atoms with E-state index in [2.05, 4.69) is 4.98 Å². The van der Waals surface area contributed by atoms with Crippen molar-refractivity contribution >= 4 is 11.9 Å². The number of methoxy groups -OCH3 is 1. The summed E-state index contributed by atoms with van der Waals surface area (Å²) in [5.41, 5.74) is 3.97. The molecule has 0 fully saturated rings. The zero-order valence-corrected chi connectivity index (χ0v) is 17.9. The molecule has 5 heteroatoms. The van der Waals surface area contributed by atoms with E-state index in [0.717, 1.165) is 16.7 Å². The first-order valence-corrected chi connectivity index (χ1v) is 10.2. The number of nitrogens with zero attached hydrogens (tertiary/aromatic N) is 1. The molecule has 1 heterocycles. The van der Waals surface area contributed by atoms with Gasteiger partial charge in [0.15, 0.2) is 17.3 Å². The summed E-state index contributed by atoms with van der Waals surface area (Å²) in [6, 6.07) is 22.9. The van der Waals surface area contributed by atoms with Gasteiger partial charge in [-0.05, 0) is 48.4 Å². The van der Waals surface area contributed by atoms with Gasteiger partial charge in [-0.1, -0.05) is 54.6 Å². The lowest BCUT2D eigenvalue weighted by Gasteiger charge is -2.11. The maximum atomic E-state index is 12.4. The predicted octanol–water partition coefficient (Wildman–Crippen LogP) is 6.13. The van der Waals surface area contributed by atoms with Crippen LogP contribution in [0.1, 0.15) is 27.2 Å². The van der Waals surface area contributed by atoms with Crippen LogP contribution in [0.15, 0.2) is 89.6 Å². The fourth-order valence-corrected chi connectivity index (χ4v) is 3.25. The molecule has 0 bridgehead atoms. The van der Waals surface area contributed by atoms with Gasteiger partial charge in [0.25, 0.3) is 0 Å². The zero-order valence-electron chi connectivity index (χ0n) is 17.9. The van der Waals surface area contributed by atoms with Gasteiger partial charge >= 0.3 is 0 Å². The monoisotopic (exact) mass is 425 g/mol. The van der Waals surface area contributed by atoms with Crippen LogP contribution in [-0.4, -0.2) is 17.9 Å². The number of aromatic nitrogens is 1. The third-order valence-corrected chi connectivity index (χ3v) is 4.99. The summed E-state index contributed by atoms with van der Waals surface area (Å²) in [5.74, 6) is 1.58. The topological polar surface area (TPSA) is 61.6 Å². The Hall–Kier alpha value is -4.12. The van der Waals surface area contributed by atoms with E-state index >= 15 is 0 Å². The third-order valence-electron chi connectivity index (χ3n) is 4.99. The molecule has 0 unspecified atom stereocenters. The molecule has 0 saturated heterocycles. The summed E-state index contributed by atoms with van der Waals surface area (Å²) in [5, 5.41) is 0. The highest BCUT2D eigenvalue weighted by Gasteiger charge is 2.12. The van der Waals surface area contributed by atoms with Crippen LogP contribution in [0, 0.1) is 6.92 Å². The number of ketones is 1. The van der Waals surface area contributed by atoms with Gasteiger partial charge in [-0.15, -0.1) is 0 Å². The molecular weight excluding hydrogens is 402 g/mol. The zero-order chi connectivity index (χ0) is 22.3. The van der Waals surface area contributed by atoms with Crippen molar-refractivity contribution in [1.82, 2.24) is 4.98 Å². The highest BCUT2D eigenvalue weighted by atomic mass is 16.5. The molecule has 0 spiro atoms. The second-order valence-corrected chi connectivity index (χ2v) is 7.23. The lowest BCUT2D eigenvalue weighted by Crippen LogP contribution is -1.98. The van der Waals surface area contributed by atoms with Crippen molar-refractivity contribution in [2.75, 3.05) is 7.11 Å². The first kappa shape index (κ1) is 21.1. The number of allylic oxidation sites excluding steroid dienone is 1. The number of hydrogen-bond acceptors (Lipinski definition) is 5. The van der Waals surface area contributed by atoms with Crippen molar-refractivity contribution in [3.05, 3.63) is 108 Å². The maximum absolute atomic E-state index is 12.4. The van der Waals surface area contributed by atoms with Gasteiger partial charge in [-0.25, -0.2) is 4.98 Å². The number of carbonyl (C=O) groups is 1. The smallest absolute Gasteiger partial charge is 0.226 e. The van der Waals surface area contributed by atoms with E-state index in [1.807, 2.05) is 79.7 Å². The van der Waals surface area contributed by atoms with Gasteiger partial charge in [0.1, 0.15) is 18.6 Å². The molecule has 0 saturated carbocycles. The Balaban J connectivity index is 1.50. The van der Waals surface area contributed by atoms with E-state index in [-0.39, 0.29) is 5.78 Å². The van der Waals surface area contributed by atoms with E-state index in [0.29, 0.717) is 35.3 Å². The molecule has 5 nitrogen and oxygen atoms in total. The molecular formula is C27H23NO4. The Kier molecular flexibility index (Phi) is 6.46. The van der Waals surface area contributed by atoms with Crippen LogP contribution in [-0.2, 0) is 6.61 Å². The van der Waals surface area contributed by atoms with Crippen LogP contribution in [0.25, 0.3) is 17.5 Å². The predicted molar refractivity (Wildman–Crippen MR) is 124 cm³/mol. The second kappa shape index (κ2) is 9.79. The summed E-state index contributed by atoms with van der Waals surface area (Å²) in [6.45, 7) is 2.33. The molecule has 0 N–H and O–H groups in total. The second-order valence-electron chi connectivity index (χ2n) is 7.23. The summed E-state index contributed by atoms with van der Waals surface area (Å²) in [7, 11) is 1.60. The van der Waals surface area contributed by atoms with Crippen LogP contribution in [0.2, 0.25) is 0 Å². The van der Waals surface area contributed by atoms with Crippen LogP contribution in [0.3, 0.4) is 0 Å². The molecule has 1 aromatic heterocycles. The maximum Gasteiger partial charge on any atom is 0.226 e. The Labute approximate surface area is 187 Å². The molecule has 0 radical (unpaired) electrons. The SMILES string of the molecule is COc1ccc(-c2nc(/C=C/C(=O)c3ccccc3C)co2)cc1OCc1ccccc1. The number of ether oxygens (including phenoxy) is 2. The molecule has 32 heavy (non-hydrogen) atoms. The Morgan fingerprint density at radius 1 is 1.00 bits per heavy atom. The van der Waals surface area contributed by atoms with Crippen LogP contribution in [0.5, 0.6) is 11.5 Å². The van der Waals surface area contributed by atoms with Crippen molar-refractivity contribution < 1.29 is 18.7 Å². The summed E-state index contributed by atoms with van der Waals surface area (Å²) in [4.78, 5) is 16.9. The van der Waals surface area contributed by atoms with E-state index < -0.39 is 0 Å². The van der Waals surface area contributed by atoms with Crippen molar-refractivity contribution in [3.8, 4) is 23.0 Å². The minimum Gasteiger partial charge on any atom is -0.493 e. The van der Waals surface area contributed by atoms with Crippen LogP contribution in [0.4, 0.5) is 0 Å². The number of hydrogen-bond donors (Lipinski definition) is 0. The highest BCUT2D eigenvalue weighted by molar-refractivity contribution is 6.07. The fraction of sp³-hybridized carbons (Fsp3) is 0.111. The van der Waals surface area contributed by atoms with Gasteiger partial charge in [-0.3, -0.25) is 4.79 Å². The van der Waals surface area contributed by atoms with Crippen LogP contribution >= 0.6 is 0 Å². The number of rotatable bonds is 8. The molecule has 3 aromatic carbocycles. The molecule has 4 aromatic rings. The Bertz CT molecular complexity index is 1240. The minimum atomic E-state index is -0.0753. The van der Waals surface area contributed by atoms with E-state index in [1.54, 1.807) is 13.2 Å². The molecule has 0 aliphatic carbocycles. The number of carbonyl (C=O) groups excluding carboxylic acids is 1. The third kappa shape index (κ3) is 4.95. The number of benzene rings is 3. The van der Waals surface area contributed by atoms with E-state index in [4.69, 9.17) is 13.9 Å². The van der Waals surface area contributed by atoms with Gasteiger partial charge in [0.05, 0.1) is 7.11 Å². The summed E-state index contributed by atoms with van der Waals surface area (Å²) >= 11 is 0. The normalized spacial score (nSPS) is 10.9. The van der Waals surface area contributed by atoms with E-state index in [9.17, 15) is 4.79 Å². The summed E-state index contributed by atoms with van der Waals surface area (Å²) < 4.78 is 17.0. The van der Waals surface area contributed by atoms with Gasteiger partial charge in [0, 0.05) is 11.1 Å². The number of oxazole rings is 1. The van der Waals surface area contributed by atoms with Crippen molar-refractivity contribution in [3.63, 3.8) is 0 Å². The molecule has 4 rings (SSSR count). The molecule has 160 valence electrons. The highest BCUT2D eigenvalue weighted by Crippen LogP contribution is 2.33. The largest absolute Gasteiger partial charge is 0.493 e. The standard InChI is InChI=1S/C27H23NO4/c1-19-8-6-7-11-23(19)24(29)14-13-22-18-32-27(28-22)21-12-15-25(30-2)26(16-21)31-17-20-9-4-3-5-10-20/h3-16,18H,17H2,1-2H3/b14-13+. The molecule has 0 atom stereocenters. The molecule has 0 amide bonds. The minimum absolute atomic E-state index is 0.0753. The summed E-state index contributed by atoms with van der Waals surface area (Å²) in [6.07, 6.45) is 4.68. The lowest BCUT2D eigenvalue weighted by molar-refractivity contribution is 0.104. The number of aryl methyl sites for hydroxylation is 1. The average Bonchev–Trinajstić information content (AvgIpc) is 3.31. The molecule has 0 aliphatic heterocycles. The van der Waals surface area contributed by atoms with Gasteiger partial charge in [-0.2, -0.15) is 0 Å². The fourth-order valence-electron chi connectivity index (χ4n) is 3.25.